The number of carbonyl (C=O) groups excluding carboxylic acids is 1. The first-order valence-corrected chi connectivity index (χ1v) is 11.1. The second-order valence-corrected chi connectivity index (χ2v) is 8.45. The predicted octanol–water partition coefficient (Wildman–Crippen LogP) is 4.99. The van der Waals surface area contributed by atoms with Crippen LogP contribution < -0.4 is 4.74 Å². The van der Waals surface area contributed by atoms with Crippen LogP contribution in [0.25, 0.3) is 11.1 Å². The fourth-order valence-electron chi connectivity index (χ4n) is 4.26. The van der Waals surface area contributed by atoms with Crippen molar-refractivity contribution in [1.29, 1.82) is 0 Å². The molecule has 1 aliphatic rings. The minimum Gasteiger partial charge on any atom is -0.483 e. The first kappa shape index (κ1) is 22.0. The van der Waals surface area contributed by atoms with Crippen molar-refractivity contribution in [3.05, 3.63) is 90.2 Å². The molecule has 0 N–H and O–H groups in total. The zero-order chi connectivity index (χ0) is 22.5. The molecule has 5 heteroatoms. The highest BCUT2D eigenvalue weighted by Gasteiger charge is 2.32. The molecular formula is C27H29FN2O2. The third-order valence-electron chi connectivity index (χ3n) is 6.06. The van der Waals surface area contributed by atoms with Gasteiger partial charge in [0.25, 0.3) is 5.91 Å². The van der Waals surface area contributed by atoms with Crippen LogP contribution in [-0.2, 0) is 11.3 Å². The zero-order valence-corrected chi connectivity index (χ0v) is 18.6. The first-order valence-electron chi connectivity index (χ1n) is 11.1. The van der Waals surface area contributed by atoms with Crippen LogP contribution in [-0.4, -0.2) is 47.5 Å². The average molecular weight is 433 g/mol. The van der Waals surface area contributed by atoms with Crippen molar-refractivity contribution < 1.29 is 13.9 Å². The molecule has 166 valence electrons. The summed E-state index contributed by atoms with van der Waals surface area (Å²) in [5.74, 6) is 0.482. The maximum absolute atomic E-state index is 13.2. The Morgan fingerprint density at radius 1 is 0.906 bits per heavy atom. The Morgan fingerprint density at radius 3 is 2.34 bits per heavy atom. The number of halogens is 1. The van der Waals surface area contributed by atoms with Crippen LogP contribution >= 0.6 is 0 Å². The SMILES string of the molecule is C[C@@H]1CN(C(=O)COc2ccccc2-c2ccccc2)[C@@H](C)CN1Cc1ccc(F)cc1. The number of nitrogens with zero attached hydrogens (tertiary/aromatic N) is 2. The molecule has 4 nitrogen and oxygen atoms in total. The summed E-state index contributed by atoms with van der Waals surface area (Å²) in [6, 6.07) is 24.8. The summed E-state index contributed by atoms with van der Waals surface area (Å²) in [6.45, 7) is 6.37. The largest absolute Gasteiger partial charge is 0.483 e. The van der Waals surface area contributed by atoms with E-state index in [-0.39, 0.29) is 30.4 Å². The molecule has 3 aromatic carbocycles. The normalized spacial score (nSPS) is 19.0. The number of benzene rings is 3. The second-order valence-electron chi connectivity index (χ2n) is 8.45. The van der Waals surface area contributed by atoms with Crippen LogP contribution in [0.5, 0.6) is 5.75 Å². The monoisotopic (exact) mass is 432 g/mol. The van der Waals surface area contributed by atoms with Gasteiger partial charge in [0.1, 0.15) is 11.6 Å². The minimum atomic E-state index is -0.223. The molecule has 0 radical (unpaired) electrons. The number of hydrogen-bond donors (Lipinski definition) is 0. The molecule has 0 aliphatic carbocycles. The summed E-state index contributed by atoms with van der Waals surface area (Å²) in [5, 5.41) is 0. The Bertz CT molecular complexity index is 1040. The molecule has 1 fully saturated rings. The van der Waals surface area contributed by atoms with Crippen molar-refractivity contribution in [2.75, 3.05) is 19.7 Å². The molecule has 0 spiro atoms. The Hall–Kier alpha value is -3.18. The van der Waals surface area contributed by atoms with Gasteiger partial charge in [-0.1, -0.05) is 60.7 Å². The summed E-state index contributed by atoms with van der Waals surface area (Å²) < 4.78 is 19.2. The van der Waals surface area contributed by atoms with Gasteiger partial charge in [0, 0.05) is 37.3 Å². The molecule has 0 aromatic heterocycles. The van der Waals surface area contributed by atoms with Gasteiger partial charge in [-0.3, -0.25) is 9.69 Å². The maximum atomic E-state index is 13.2. The predicted molar refractivity (Wildman–Crippen MR) is 125 cm³/mol. The zero-order valence-electron chi connectivity index (χ0n) is 18.6. The van der Waals surface area contributed by atoms with Gasteiger partial charge in [-0.15, -0.1) is 0 Å². The lowest BCUT2D eigenvalue weighted by Gasteiger charge is -2.44. The van der Waals surface area contributed by atoms with E-state index >= 15 is 0 Å². The van der Waals surface area contributed by atoms with Crippen molar-refractivity contribution in [1.82, 2.24) is 9.80 Å². The number of carbonyl (C=O) groups is 1. The lowest BCUT2D eigenvalue weighted by molar-refractivity contribution is -0.139. The van der Waals surface area contributed by atoms with E-state index in [0.717, 1.165) is 29.8 Å². The number of para-hydroxylation sites is 1. The van der Waals surface area contributed by atoms with Crippen molar-refractivity contribution in [3.8, 4) is 16.9 Å². The third-order valence-corrected chi connectivity index (χ3v) is 6.06. The van der Waals surface area contributed by atoms with Gasteiger partial charge in [0.05, 0.1) is 0 Å². The molecule has 4 rings (SSSR count). The van der Waals surface area contributed by atoms with E-state index in [0.29, 0.717) is 12.3 Å². The lowest BCUT2D eigenvalue weighted by atomic mass is 10.0. The number of ether oxygens (including phenoxy) is 1. The molecule has 1 aliphatic heterocycles. The van der Waals surface area contributed by atoms with E-state index in [1.807, 2.05) is 71.6 Å². The van der Waals surface area contributed by atoms with Crippen LogP contribution in [0, 0.1) is 5.82 Å². The lowest BCUT2D eigenvalue weighted by Crippen LogP contribution is -2.58. The number of rotatable bonds is 6. The van der Waals surface area contributed by atoms with E-state index in [1.165, 1.54) is 12.1 Å². The highest BCUT2D eigenvalue weighted by atomic mass is 19.1. The Balaban J connectivity index is 1.37. The molecule has 0 saturated carbocycles. The van der Waals surface area contributed by atoms with Crippen LogP contribution in [0.1, 0.15) is 19.4 Å². The highest BCUT2D eigenvalue weighted by molar-refractivity contribution is 5.79. The highest BCUT2D eigenvalue weighted by Crippen LogP contribution is 2.29. The molecule has 2 atom stereocenters. The summed E-state index contributed by atoms with van der Waals surface area (Å²) in [6.07, 6.45) is 0. The fraction of sp³-hybridized carbons (Fsp3) is 0.296. The van der Waals surface area contributed by atoms with E-state index in [1.54, 1.807) is 0 Å². The molecular weight excluding hydrogens is 403 g/mol. The molecule has 0 unspecified atom stereocenters. The van der Waals surface area contributed by atoms with Crippen molar-refractivity contribution >= 4 is 5.91 Å². The third kappa shape index (κ3) is 5.17. The van der Waals surface area contributed by atoms with Gasteiger partial charge in [0.15, 0.2) is 6.61 Å². The van der Waals surface area contributed by atoms with Gasteiger partial charge in [0.2, 0.25) is 0 Å². The van der Waals surface area contributed by atoms with Gasteiger partial charge >= 0.3 is 0 Å². The Kier molecular flexibility index (Phi) is 6.86. The standard InChI is InChI=1S/C27H29FN2O2/c1-20-17-30(21(2)16-29(20)18-22-12-14-24(28)15-13-22)27(31)19-32-26-11-7-6-10-25(26)23-8-4-3-5-9-23/h3-15,20-21H,16-19H2,1-2H3/t20-,21+/m1/s1. The molecule has 0 bridgehead atoms. The summed E-state index contributed by atoms with van der Waals surface area (Å²) in [7, 11) is 0. The quantitative estimate of drug-likeness (QED) is 0.550. The minimum absolute atomic E-state index is 0.00588. The van der Waals surface area contributed by atoms with Gasteiger partial charge in [-0.05, 0) is 43.2 Å². The van der Waals surface area contributed by atoms with Crippen molar-refractivity contribution in [3.63, 3.8) is 0 Å². The van der Waals surface area contributed by atoms with Gasteiger partial charge in [-0.2, -0.15) is 0 Å². The molecule has 3 aromatic rings. The second kappa shape index (κ2) is 9.96. The Labute approximate surface area is 189 Å². The fourth-order valence-corrected chi connectivity index (χ4v) is 4.26. The number of amides is 1. The van der Waals surface area contributed by atoms with Crippen molar-refractivity contribution in [2.24, 2.45) is 0 Å². The molecule has 32 heavy (non-hydrogen) atoms. The van der Waals surface area contributed by atoms with Gasteiger partial charge < -0.3 is 9.64 Å². The van der Waals surface area contributed by atoms with E-state index < -0.39 is 0 Å². The van der Waals surface area contributed by atoms with Crippen LogP contribution in [0.15, 0.2) is 78.9 Å². The average Bonchev–Trinajstić information content (AvgIpc) is 2.82. The van der Waals surface area contributed by atoms with E-state index in [2.05, 4.69) is 18.7 Å². The van der Waals surface area contributed by atoms with Gasteiger partial charge in [-0.25, -0.2) is 4.39 Å². The number of hydrogen-bond acceptors (Lipinski definition) is 3. The molecule has 1 amide bonds. The first-order chi connectivity index (χ1) is 15.5. The van der Waals surface area contributed by atoms with Crippen molar-refractivity contribution in [2.45, 2.75) is 32.5 Å². The van der Waals surface area contributed by atoms with Crippen LogP contribution in [0.4, 0.5) is 4.39 Å². The molecule has 1 heterocycles. The van der Waals surface area contributed by atoms with Crippen LogP contribution in [0.2, 0.25) is 0 Å². The van der Waals surface area contributed by atoms with E-state index in [4.69, 9.17) is 4.74 Å². The maximum Gasteiger partial charge on any atom is 0.260 e. The number of piperazine rings is 1. The van der Waals surface area contributed by atoms with E-state index in [9.17, 15) is 9.18 Å². The Morgan fingerprint density at radius 2 is 1.59 bits per heavy atom. The summed E-state index contributed by atoms with van der Waals surface area (Å²) in [5.41, 5.74) is 3.12. The summed E-state index contributed by atoms with van der Waals surface area (Å²) in [4.78, 5) is 17.3. The van der Waals surface area contributed by atoms with Crippen LogP contribution in [0.3, 0.4) is 0 Å². The smallest absolute Gasteiger partial charge is 0.260 e. The topological polar surface area (TPSA) is 32.8 Å². The molecule has 1 saturated heterocycles. The summed E-state index contributed by atoms with van der Waals surface area (Å²) >= 11 is 0.